The van der Waals surface area contributed by atoms with Crippen LogP contribution in [-0.4, -0.2) is 27.4 Å². The fourth-order valence-electron chi connectivity index (χ4n) is 3.12. The highest BCUT2D eigenvalue weighted by atomic mass is 16.2. The van der Waals surface area contributed by atoms with Gasteiger partial charge in [-0.25, -0.2) is 4.68 Å². The number of ketones is 1. The van der Waals surface area contributed by atoms with Crippen molar-refractivity contribution >= 4 is 23.3 Å². The number of hydrogen-bond acceptors (Lipinski definition) is 4. The number of nitrogens with two attached hydrogens (primary N) is 1. The van der Waals surface area contributed by atoms with E-state index in [0.29, 0.717) is 28.1 Å². The summed E-state index contributed by atoms with van der Waals surface area (Å²) in [6.07, 6.45) is 1.62. The molecule has 4 rings (SSSR count). The lowest BCUT2D eigenvalue weighted by molar-refractivity contribution is 0.0993. The third-order valence-corrected chi connectivity index (χ3v) is 4.68. The SMILES string of the molecule is NC(=O)c1ccn(-c2ccc(NC(=O)c3ccccc3C(=O)c3ccccc3)cc2)n1. The van der Waals surface area contributed by atoms with E-state index in [-0.39, 0.29) is 17.4 Å². The van der Waals surface area contributed by atoms with Crippen molar-refractivity contribution < 1.29 is 14.4 Å². The zero-order valence-electron chi connectivity index (χ0n) is 16.4. The first kappa shape index (κ1) is 19.8. The van der Waals surface area contributed by atoms with Gasteiger partial charge in [0.1, 0.15) is 5.69 Å². The van der Waals surface area contributed by atoms with E-state index in [4.69, 9.17) is 5.73 Å². The number of hydrogen-bond donors (Lipinski definition) is 2. The van der Waals surface area contributed by atoms with Crippen LogP contribution in [0.25, 0.3) is 5.69 Å². The van der Waals surface area contributed by atoms with Crippen molar-refractivity contribution in [3.8, 4) is 5.69 Å². The van der Waals surface area contributed by atoms with Gasteiger partial charge in [-0.2, -0.15) is 5.10 Å². The van der Waals surface area contributed by atoms with Crippen molar-refractivity contribution in [2.45, 2.75) is 0 Å². The number of anilines is 1. The summed E-state index contributed by atoms with van der Waals surface area (Å²) in [5, 5.41) is 6.91. The Kier molecular flexibility index (Phi) is 5.40. The molecule has 0 radical (unpaired) electrons. The Morgan fingerprint density at radius 2 is 1.42 bits per heavy atom. The standard InChI is InChI=1S/C24H18N4O3/c25-23(30)21-14-15-28(27-21)18-12-10-17(11-13-18)26-24(31)20-9-5-4-8-19(20)22(29)16-6-2-1-3-7-16/h1-15H,(H2,25,30)(H,26,31). The van der Waals surface area contributed by atoms with Crippen LogP contribution < -0.4 is 11.1 Å². The average Bonchev–Trinajstić information content (AvgIpc) is 3.30. The molecule has 0 saturated carbocycles. The Morgan fingerprint density at radius 1 is 0.774 bits per heavy atom. The molecule has 0 atom stereocenters. The lowest BCUT2D eigenvalue weighted by Gasteiger charge is -2.10. The number of nitrogens with one attached hydrogen (secondary N) is 1. The Labute approximate surface area is 178 Å². The molecule has 0 aliphatic carbocycles. The van der Waals surface area contributed by atoms with Crippen molar-refractivity contribution in [1.82, 2.24) is 9.78 Å². The topological polar surface area (TPSA) is 107 Å². The molecule has 2 amide bonds. The van der Waals surface area contributed by atoms with E-state index < -0.39 is 5.91 Å². The molecule has 31 heavy (non-hydrogen) atoms. The van der Waals surface area contributed by atoms with Gasteiger partial charge in [0.2, 0.25) is 0 Å². The second-order valence-corrected chi connectivity index (χ2v) is 6.75. The van der Waals surface area contributed by atoms with Crippen LogP contribution >= 0.6 is 0 Å². The third kappa shape index (κ3) is 4.25. The average molecular weight is 410 g/mol. The summed E-state index contributed by atoms with van der Waals surface area (Å²) < 4.78 is 1.51. The molecule has 7 nitrogen and oxygen atoms in total. The van der Waals surface area contributed by atoms with E-state index in [1.54, 1.807) is 79.0 Å². The number of benzene rings is 3. The minimum absolute atomic E-state index is 0.164. The normalized spacial score (nSPS) is 10.5. The summed E-state index contributed by atoms with van der Waals surface area (Å²) in [4.78, 5) is 36.9. The number of carbonyl (C=O) groups excluding carboxylic acids is 3. The van der Waals surface area contributed by atoms with E-state index in [2.05, 4.69) is 10.4 Å². The Hall–Kier alpha value is -4.52. The van der Waals surface area contributed by atoms with Crippen LogP contribution in [0.2, 0.25) is 0 Å². The van der Waals surface area contributed by atoms with Crippen molar-refractivity contribution in [2.24, 2.45) is 5.73 Å². The van der Waals surface area contributed by atoms with Crippen LogP contribution in [0.1, 0.15) is 36.8 Å². The van der Waals surface area contributed by atoms with Crippen molar-refractivity contribution in [3.05, 3.63) is 114 Å². The third-order valence-electron chi connectivity index (χ3n) is 4.68. The van der Waals surface area contributed by atoms with Gasteiger partial charge in [0, 0.05) is 23.0 Å². The van der Waals surface area contributed by atoms with Crippen molar-refractivity contribution in [1.29, 1.82) is 0 Å². The van der Waals surface area contributed by atoms with E-state index >= 15 is 0 Å². The van der Waals surface area contributed by atoms with E-state index in [9.17, 15) is 14.4 Å². The second-order valence-electron chi connectivity index (χ2n) is 6.75. The van der Waals surface area contributed by atoms with Crippen LogP contribution in [0.3, 0.4) is 0 Å². The molecule has 7 heteroatoms. The molecule has 0 aliphatic rings. The molecule has 152 valence electrons. The molecule has 4 aromatic rings. The summed E-state index contributed by atoms with van der Waals surface area (Å²) in [5.74, 6) is -1.21. The van der Waals surface area contributed by atoms with Gasteiger partial charge in [0.25, 0.3) is 11.8 Å². The summed E-state index contributed by atoms with van der Waals surface area (Å²) in [5.41, 5.74) is 7.78. The highest BCUT2D eigenvalue weighted by molar-refractivity contribution is 6.17. The minimum atomic E-state index is -0.605. The molecule has 3 aromatic carbocycles. The molecule has 0 unspecified atom stereocenters. The maximum Gasteiger partial charge on any atom is 0.269 e. The summed E-state index contributed by atoms with van der Waals surface area (Å²) in [6, 6.07) is 24.0. The molecule has 1 aromatic heterocycles. The number of aromatic nitrogens is 2. The van der Waals surface area contributed by atoms with Crippen LogP contribution in [0.4, 0.5) is 5.69 Å². The fourth-order valence-corrected chi connectivity index (χ4v) is 3.12. The maximum absolute atomic E-state index is 12.9. The van der Waals surface area contributed by atoms with Gasteiger partial charge >= 0.3 is 0 Å². The Bertz CT molecular complexity index is 1260. The van der Waals surface area contributed by atoms with E-state index in [1.165, 1.54) is 10.7 Å². The lowest BCUT2D eigenvalue weighted by Crippen LogP contribution is -2.17. The summed E-state index contributed by atoms with van der Waals surface area (Å²) >= 11 is 0. The predicted octanol–water partition coefficient (Wildman–Crippen LogP) is 3.45. The van der Waals surface area contributed by atoms with Crippen LogP contribution in [0, 0.1) is 0 Å². The molecular formula is C24H18N4O3. The number of amides is 2. The first-order chi connectivity index (χ1) is 15.0. The van der Waals surface area contributed by atoms with Gasteiger partial charge in [0.15, 0.2) is 5.78 Å². The summed E-state index contributed by atoms with van der Waals surface area (Å²) in [7, 11) is 0. The Morgan fingerprint density at radius 3 is 2.06 bits per heavy atom. The Balaban J connectivity index is 1.54. The van der Waals surface area contributed by atoms with Crippen LogP contribution in [-0.2, 0) is 0 Å². The molecule has 0 spiro atoms. The van der Waals surface area contributed by atoms with Crippen molar-refractivity contribution in [2.75, 3.05) is 5.32 Å². The van der Waals surface area contributed by atoms with Gasteiger partial charge in [0.05, 0.1) is 11.3 Å². The molecule has 0 aliphatic heterocycles. The minimum Gasteiger partial charge on any atom is -0.364 e. The zero-order valence-corrected chi connectivity index (χ0v) is 16.4. The van der Waals surface area contributed by atoms with Gasteiger partial charge < -0.3 is 11.1 Å². The number of carbonyl (C=O) groups is 3. The molecule has 0 saturated heterocycles. The molecule has 0 fully saturated rings. The first-order valence-electron chi connectivity index (χ1n) is 9.49. The predicted molar refractivity (Wildman–Crippen MR) is 116 cm³/mol. The van der Waals surface area contributed by atoms with E-state index in [0.717, 1.165) is 0 Å². The monoisotopic (exact) mass is 410 g/mol. The fraction of sp³-hybridized carbons (Fsp3) is 0. The quantitative estimate of drug-likeness (QED) is 0.475. The number of nitrogens with zero attached hydrogens (tertiary/aromatic N) is 2. The molecule has 1 heterocycles. The van der Waals surface area contributed by atoms with E-state index in [1.807, 2.05) is 6.07 Å². The second kappa shape index (κ2) is 8.46. The molecule has 3 N–H and O–H groups in total. The van der Waals surface area contributed by atoms with Gasteiger partial charge in [-0.3, -0.25) is 14.4 Å². The highest BCUT2D eigenvalue weighted by Crippen LogP contribution is 2.18. The van der Waals surface area contributed by atoms with Gasteiger partial charge in [-0.15, -0.1) is 0 Å². The number of rotatable bonds is 6. The first-order valence-corrected chi connectivity index (χ1v) is 9.49. The smallest absolute Gasteiger partial charge is 0.269 e. The van der Waals surface area contributed by atoms with Gasteiger partial charge in [-0.05, 0) is 36.4 Å². The molecule has 0 bridgehead atoms. The highest BCUT2D eigenvalue weighted by Gasteiger charge is 2.18. The largest absolute Gasteiger partial charge is 0.364 e. The van der Waals surface area contributed by atoms with Gasteiger partial charge in [-0.1, -0.05) is 48.5 Å². The molecular weight excluding hydrogens is 392 g/mol. The lowest BCUT2D eigenvalue weighted by atomic mass is 9.98. The zero-order chi connectivity index (χ0) is 21.8. The number of primary amides is 1. The maximum atomic E-state index is 12.9. The summed E-state index contributed by atoms with van der Waals surface area (Å²) in [6.45, 7) is 0. The van der Waals surface area contributed by atoms with Crippen LogP contribution in [0.15, 0.2) is 91.1 Å². The van der Waals surface area contributed by atoms with Crippen molar-refractivity contribution in [3.63, 3.8) is 0 Å². The van der Waals surface area contributed by atoms with Crippen LogP contribution in [0.5, 0.6) is 0 Å².